The normalized spacial score (nSPS) is 24.6. The van der Waals surface area contributed by atoms with Crippen LogP contribution in [0.15, 0.2) is 12.1 Å². The summed E-state index contributed by atoms with van der Waals surface area (Å²) in [6.45, 7) is 5.12. The van der Waals surface area contributed by atoms with E-state index in [-0.39, 0.29) is 17.8 Å². The van der Waals surface area contributed by atoms with Gasteiger partial charge in [0.05, 0.1) is 13.0 Å². The smallest absolute Gasteiger partial charge is 0.308 e. The number of nitrogens with one attached hydrogen (secondary N) is 1. The SMILES string of the molecule is CC[C@H]1CNC[C@@H]1c1cc(F)c(F)cc1N1CCC(C(=O)OC)CC1. The third-order valence-corrected chi connectivity index (χ3v) is 5.70. The van der Waals surface area contributed by atoms with Crippen LogP contribution in [0.2, 0.25) is 0 Å². The molecule has 1 N–H and O–H groups in total. The van der Waals surface area contributed by atoms with E-state index < -0.39 is 11.6 Å². The molecule has 3 rings (SSSR count). The molecule has 0 aliphatic carbocycles. The first-order chi connectivity index (χ1) is 12.0. The summed E-state index contributed by atoms with van der Waals surface area (Å²) >= 11 is 0. The molecule has 2 fully saturated rings. The van der Waals surface area contributed by atoms with Crippen molar-refractivity contribution in [2.75, 3.05) is 38.2 Å². The zero-order valence-electron chi connectivity index (χ0n) is 14.9. The van der Waals surface area contributed by atoms with Crippen molar-refractivity contribution in [1.29, 1.82) is 0 Å². The van der Waals surface area contributed by atoms with Crippen molar-refractivity contribution < 1.29 is 18.3 Å². The van der Waals surface area contributed by atoms with Gasteiger partial charge in [0.25, 0.3) is 0 Å². The van der Waals surface area contributed by atoms with Gasteiger partial charge in [0, 0.05) is 37.3 Å². The molecule has 1 aromatic carbocycles. The highest BCUT2D eigenvalue weighted by Crippen LogP contribution is 2.38. The van der Waals surface area contributed by atoms with Gasteiger partial charge in [-0.05, 0) is 36.9 Å². The van der Waals surface area contributed by atoms with Gasteiger partial charge >= 0.3 is 5.97 Å². The van der Waals surface area contributed by atoms with Crippen molar-refractivity contribution in [3.63, 3.8) is 0 Å². The second kappa shape index (κ2) is 7.68. The third kappa shape index (κ3) is 3.64. The van der Waals surface area contributed by atoms with Crippen LogP contribution in [-0.4, -0.2) is 39.3 Å². The largest absolute Gasteiger partial charge is 0.469 e. The van der Waals surface area contributed by atoms with Gasteiger partial charge in [0.15, 0.2) is 11.6 Å². The van der Waals surface area contributed by atoms with Crippen molar-refractivity contribution in [2.45, 2.75) is 32.1 Å². The minimum Gasteiger partial charge on any atom is -0.469 e. The Hall–Kier alpha value is -1.69. The van der Waals surface area contributed by atoms with Crippen LogP contribution in [0, 0.1) is 23.5 Å². The van der Waals surface area contributed by atoms with Gasteiger partial charge in [-0.15, -0.1) is 0 Å². The lowest BCUT2D eigenvalue weighted by Crippen LogP contribution is -2.37. The van der Waals surface area contributed by atoms with Gasteiger partial charge in [-0.2, -0.15) is 0 Å². The fourth-order valence-electron chi connectivity index (χ4n) is 4.17. The third-order valence-electron chi connectivity index (χ3n) is 5.70. The van der Waals surface area contributed by atoms with E-state index in [1.54, 1.807) is 0 Å². The van der Waals surface area contributed by atoms with Crippen molar-refractivity contribution in [3.8, 4) is 0 Å². The molecule has 0 unspecified atom stereocenters. The number of hydrogen-bond donors (Lipinski definition) is 1. The summed E-state index contributed by atoms with van der Waals surface area (Å²) in [7, 11) is 1.40. The molecule has 0 aromatic heterocycles. The van der Waals surface area contributed by atoms with Gasteiger partial charge in [-0.1, -0.05) is 13.3 Å². The fourth-order valence-corrected chi connectivity index (χ4v) is 4.17. The number of esters is 1. The summed E-state index contributed by atoms with van der Waals surface area (Å²) in [6.07, 6.45) is 2.34. The maximum absolute atomic E-state index is 13.9. The van der Waals surface area contributed by atoms with Crippen molar-refractivity contribution in [3.05, 3.63) is 29.3 Å². The molecule has 0 radical (unpaired) electrons. The van der Waals surface area contributed by atoms with E-state index in [1.807, 2.05) is 0 Å². The van der Waals surface area contributed by atoms with Crippen LogP contribution in [0.1, 0.15) is 37.7 Å². The molecule has 25 heavy (non-hydrogen) atoms. The second-order valence-electron chi connectivity index (χ2n) is 7.04. The number of hydrogen-bond acceptors (Lipinski definition) is 4. The maximum atomic E-state index is 13.9. The number of carbonyl (C=O) groups is 1. The van der Waals surface area contributed by atoms with Gasteiger partial charge < -0.3 is 15.0 Å². The van der Waals surface area contributed by atoms with Crippen molar-refractivity contribution in [1.82, 2.24) is 5.32 Å². The zero-order valence-corrected chi connectivity index (χ0v) is 14.9. The van der Waals surface area contributed by atoms with Crippen molar-refractivity contribution in [2.24, 2.45) is 11.8 Å². The van der Waals surface area contributed by atoms with E-state index >= 15 is 0 Å². The number of rotatable bonds is 4. The van der Waals surface area contributed by atoms with E-state index in [4.69, 9.17) is 4.74 Å². The molecule has 0 saturated carbocycles. The number of nitrogens with zero attached hydrogens (tertiary/aromatic N) is 1. The molecule has 2 saturated heterocycles. The molecule has 2 heterocycles. The number of carbonyl (C=O) groups excluding carboxylic acids is 1. The molecule has 4 nitrogen and oxygen atoms in total. The lowest BCUT2D eigenvalue weighted by Gasteiger charge is -2.35. The van der Waals surface area contributed by atoms with Gasteiger partial charge in [0.1, 0.15) is 0 Å². The van der Waals surface area contributed by atoms with E-state index in [1.165, 1.54) is 19.2 Å². The minimum absolute atomic E-state index is 0.105. The highest BCUT2D eigenvalue weighted by atomic mass is 19.2. The number of halogens is 2. The standard InChI is InChI=1S/C19H26F2N2O2/c1-3-12-10-22-11-15(12)14-8-16(20)17(21)9-18(14)23-6-4-13(5-7-23)19(24)25-2/h8-9,12-13,15,22H,3-7,10-11H2,1-2H3/t12-,15-/m0/s1. The number of ether oxygens (including phenoxy) is 1. The number of piperidine rings is 1. The quantitative estimate of drug-likeness (QED) is 0.846. The Kier molecular flexibility index (Phi) is 5.57. The van der Waals surface area contributed by atoms with Crippen molar-refractivity contribution >= 4 is 11.7 Å². The molecular formula is C19H26F2N2O2. The molecule has 0 spiro atoms. The molecule has 0 bridgehead atoms. The number of benzene rings is 1. The topological polar surface area (TPSA) is 41.6 Å². The second-order valence-corrected chi connectivity index (χ2v) is 7.04. The summed E-state index contributed by atoms with van der Waals surface area (Å²) in [5.41, 5.74) is 1.65. The average molecular weight is 352 g/mol. The summed E-state index contributed by atoms with van der Waals surface area (Å²) in [5, 5.41) is 3.37. The summed E-state index contributed by atoms with van der Waals surface area (Å²) in [4.78, 5) is 13.8. The molecule has 6 heteroatoms. The Labute approximate surface area is 147 Å². The molecular weight excluding hydrogens is 326 g/mol. The first-order valence-electron chi connectivity index (χ1n) is 9.07. The monoisotopic (exact) mass is 352 g/mol. The summed E-state index contributed by atoms with van der Waals surface area (Å²) in [6, 6.07) is 2.70. The van der Waals surface area contributed by atoms with E-state index in [0.717, 1.165) is 30.8 Å². The maximum Gasteiger partial charge on any atom is 0.308 e. The van der Waals surface area contributed by atoms with Crippen LogP contribution in [0.3, 0.4) is 0 Å². The fraction of sp³-hybridized carbons (Fsp3) is 0.632. The predicted molar refractivity (Wildman–Crippen MR) is 92.7 cm³/mol. The van der Waals surface area contributed by atoms with Crippen LogP contribution in [0.5, 0.6) is 0 Å². The Morgan fingerprint density at radius 3 is 2.56 bits per heavy atom. The summed E-state index contributed by atoms with van der Waals surface area (Å²) < 4.78 is 32.7. The van der Waals surface area contributed by atoms with Gasteiger partial charge in [-0.25, -0.2) is 8.78 Å². The number of methoxy groups -OCH3 is 1. The Morgan fingerprint density at radius 2 is 1.92 bits per heavy atom. The first-order valence-corrected chi connectivity index (χ1v) is 9.07. The van der Waals surface area contributed by atoms with Gasteiger partial charge in [0.2, 0.25) is 0 Å². The van der Waals surface area contributed by atoms with E-state index in [2.05, 4.69) is 17.1 Å². The number of anilines is 1. The van der Waals surface area contributed by atoms with Crippen LogP contribution in [0.4, 0.5) is 14.5 Å². The highest BCUT2D eigenvalue weighted by molar-refractivity contribution is 5.72. The zero-order chi connectivity index (χ0) is 18.0. The van der Waals surface area contributed by atoms with Gasteiger partial charge in [-0.3, -0.25) is 4.79 Å². The Balaban J connectivity index is 1.86. The Bertz CT molecular complexity index is 630. The van der Waals surface area contributed by atoms with Crippen LogP contribution in [-0.2, 0) is 9.53 Å². The lowest BCUT2D eigenvalue weighted by atomic mass is 9.85. The summed E-state index contributed by atoms with van der Waals surface area (Å²) in [5.74, 6) is -1.27. The Morgan fingerprint density at radius 1 is 1.24 bits per heavy atom. The lowest BCUT2D eigenvalue weighted by molar-refractivity contribution is -0.146. The van der Waals surface area contributed by atoms with Crippen LogP contribution < -0.4 is 10.2 Å². The van der Waals surface area contributed by atoms with E-state index in [0.29, 0.717) is 31.8 Å². The van der Waals surface area contributed by atoms with Crippen LogP contribution >= 0.6 is 0 Å². The molecule has 2 aliphatic heterocycles. The molecule has 2 aliphatic rings. The molecule has 138 valence electrons. The minimum atomic E-state index is -0.812. The molecule has 0 amide bonds. The predicted octanol–water partition coefficient (Wildman–Crippen LogP) is 3.07. The highest BCUT2D eigenvalue weighted by Gasteiger charge is 2.33. The van der Waals surface area contributed by atoms with Crippen LogP contribution in [0.25, 0.3) is 0 Å². The molecule has 1 aromatic rings. The average Bonchev–Trinajstić information content (AvgIpc) is 3.11. The first kappa shape index (κ1) is 18.1. The van der Waals surface area contributed by atoms with E-state index in [9.17, 15) is 13.6 Å². The molecule has 2 atom stereocenters.